The molecule has 0 spiro atoms. The zero-order chi connectivity index (χ0) is 14.8. The van der Waals surface area contributed by atoms with Crippen LogP contribution in [-0.2, 0) is 6.54 Å². The fourth-order valence-electron chi connectivity index (χ4n) is 2.09. The summed E-state index contributed by atoms with van der Waals surface area (Å²) in [5.41, 5.74) is 1.78. The van der Waals surface area contributed by atoms with Gasteiger partial charge in [0, 0.05) is 12.2 Å². The van der Waals surface area contributed by atoms with Crippen LogP contribution in [-0.4, -0.2) is 18.3 Å². The molecule has 2 aromatic carbocycles. The summed E-state index contributed by atoms with van der Waals surface area (Å²) in [5.74, 6) is 1.32. The van der Waals surface area contributed by atoms with Crippen molar-refractivity contribution in [1.82, 2.24) is 0 Å². The molecule has 21 heavy (non-hydrogen) atoms. The number of halogens is 2. The van der Waals surface area contributed by atoms with Gasteiger partial charge in [-0.2, -0.15) is 0 Å². The predicted molar refractivity (Wildman–Crippen MR) is 82.9 cm³/mol. The summed E-state index contributed by atoms with van der Waals surface area (Å²) in [5, 5.41) is 13.4. The van der Waals surface area contributed by atoms with E-state index in [0.717, 1.165) is 11.3 Å². The van der Waals surface area contributed by atoms with E-state index in [0.29, 0.717) is 41.3 Å². The fourth-order valence-corrected chi connectivity index (χ4v) is 2.56. The summed E-state index contributed by atoms with van der Waals surface area (Å²) < 4.78 is 11.0. The first kappa shape index (κ1) is 14.2. The standard InChI is InChI=1S/C15H13Cl2NO3/c16-11-7-10(1-2-13(11)19)18-8-9-5-12(17)15-14(6-9)20-3-4-21-15/h1-2,5-7,18-19H,3-4,8H2. The first-order valence-electron chi connectivity index (χ1n) is 6.44. The van der Waals surface area contributed by atoms with Crippen molar-refractivity contribution in [2.45, 2.75) is 6.54 Å². The van der Waals surface area contributed by atoms with Crippen LogP contribution in [0.1, 0.15) is 5.56 Å². The van der Waals surface area contributed by atoms with Crippen molar-refractivity contribution in [3.05, 3.63) is 45.9 Å². The van der Waals surface area contributed by atoms with Gasteiger partial charge < -0.3 is 19.9 Å². The molecule has 1 heterocycles. The van der Waals surface area contributed by atoms with Crippen molar-refractivity contribution in [2.24, 2.45) is 0 Å². The Hall–Kier alpha value is -1.78. The van der Waals surface area contributed by atoms with Crippen molar-refractivity contribution < 1.29 is 14.6 Å². The van der Waals surface area contributed by atoms with E-state index in [2.05, 4.69) is 5.32 Å². The molecule has 4 nitrogen and oxygen atoms in total. The minimum atomic E-state index is 0.0598. The number of fused-ring (bicyclic) bond motifs is 1. The van der Waals surface area contributed by atoms with E-state index in [1.165, 1.54) is 0 Å². The molecule has 0 saturated heterocycles. The molecule has 0 bridgehead atoms. The summed E-state index contributed by atoms with van der Waals surface area (Å²) in [6, 6.07) is 8.69. The zero-order valence-corrected chi connectivity index (χ0v) is 12.5. The van der Waals surface area contributed by atoms with Crippen LogP contribution in [0, 0.1) is 0 Å². The quantitative estimate of drug-likeness (QED) is 0.835. The lowest BCUT2D eigenvalue weighted by atomic mass is 10.2. The number of hydrogen-bond donors (Lipinski definition) is 2. The molecule has 0 atom stereocenters. The first-order valence-corrected chi connectivity index (χ1v) is 7.19. The molecule has 2 N–H and O–H groups in total. The second-order valence-corrected chi connectivity index (χ2v) is 5.44. The Kier molecular flexibility index (Phi) is 3.99. The van der Waals surface area contributed by atoms with Crippen LogP contribution in [0.5, 0.6) is 17.2 Å². The number of ether oxygens (including phenoxy) is 2. The van der Waals surface area contributed by atoms with E-state index < -0.39 is 0 Å². The summed E-state index contributed by atoms with van der Waals surface area (Å²) in [6.07, 6.45) is 0. The third-order valence-corrected chi connectivity index (χ3v) is 3.68. The minimum absolute atomic E-state index is 0.0598. The molecule has 110 valence electrons. The number of rotatable bonds is 3. The monoisotopic (exact) mass is 325 g/mol. The molecule has 2 aromatic rings. The number of phenolic OH excluding ortho intramolecular Hbond substituents is 1. The third-order valence-electron chi connectivity index (χ3n) is 3.10. The molecule has 1 aliphatic rings. The van der Waals surface area contributed by atoms with Gasteiger partial charge in [-0.1, -0.05) is 23.2 Å². The predicted octanol–water partition coefficient (Wildman–Crippen LogP) is 4.08. The van der Waals surface area contributed by atoms with Gasteiger partial charge in [-0.3, -0.25) is 0 Å². The lowest BCUT2D eigenvalue weighted by molar-refractivity contribution is 0.171. The molecule has 1 aliphatic heterocycles. The third kappa shape index (κ3) is 3.12. The smallest absolute Gasteiger partial charge is 0.179 e. The Bertz CT molecular complexity index is 676. The maximum atomic E-state index is 9.39. The maximum absolute atomic E-state index is 9.39. The Morgan fingerprint density at radius 1 is 1.05 bits per heavy atom. The average molecular weight is 326 g/mol. The molecule has 0 saturated carbocycles. The van der Waals surface area contributed by atoms with E-state index in [1.54, 1.807) is 18.2 Å². The summed E-state index contributed by atoms with van der Waals surface area (Å²) in [7, 11) is 0. The molecule has 0 amide bonds. The van der Waals surface area contributed by atoms with Crippen LogP contribution in [0.25, 0.3) is 0 Å². The highest BCUT2D eigenvalue weighted by Gasteiger charge is 2.16. The maximum Gasteiger partial charge on any atom is 0.179 e. The summed E-state index contributed by atoms with van der Waals surface area (Å²) >= 11 is 12.1. The van der Waals surface area contributed by atoms with Crippen molar-refractivity contribution in [1.29, 1.82) is 0 Å². The fraction of sp³-hybridized carbons (Fsp3) is 0.200. The van der Waals surface area contributed by atoms with E-state index in [1.807, 2.05) is 12.1 Å². The Labute approximate surface area is 132 Å². The highest BCUT2D eigenvalue weighted by atomic mass is 35.5. The Morgan fingerprint density at radius 3 is 2.67 bits per heavy atom. The lowest BCUT2D eigenvalue weighted by Crippen LogP contribution is -2.16. The van der Waals surface area contributed by atoms with Gasteiger partial charge in [0.2, 0.25) is 0 Å². The van der Waals surface area contributed by atoms with Gasteiger partial charge >= 0.3 is 0 Å². The number of nitrogens with one attached hydrogen (secondary N) is 1. The van der Waals surface area contributed by atoms with Crippen molar-refractivity contribution >= 4 is 28.9 Å². The number of phenols is 1. The van der Waals surface area contributed by atoms with Crippen molar-refractivity contribution in [3.8, 4) is 17.2 Å². The first-order chi connectivity index (χ1) is 10.1. The molecular formula is C15H13Cl2NO3. The normalized spacial score (nSPS) is 13.0. The molecule has 6 heteroatoms. The zero-order valence-electron chi connectivity index (χ0n) is 11.0. The highest BCUT2D eigenvalue weighted by Crippen LogP contribution is 2.38. The van der Waals surface area contributed by atoms with Crippen LogP contribution in [0.2, 0.25) is 10.0 Å². The van der Waals surface area contributed by atoms with Crippen LogP contribution in [0.15, 0.2) is 30.3 Å². The van der Waals surface area contributed by atoms with Gasteiger partial charge in [0.1, 0.15) is 19.0 Å². The van der Waals surface area contributed by atoms with Gasteiger partial charge in [-0.25, -0.2) is 0 Å². The van der Waals surface area contributed by atoms with Gasteiger partial charge in [0.25, 0.3) is 0 Å². The highest BCUT2D eigenvalue weighted by molar-refractivity contribution is 6.32. The lowest BCUT2D eigenvalue weighted by Gasteiger charge is -2.20. The largest absolute Gasteiger partial charge is 0.506 e. The number of anilines is 1. The SMILES string of the molecule is Oc1ccc(NCc2cc(Cl)c3c(c2)OCCO3)cc1Cl. The summed E-state index contributed by atoms with van der Waals surface area (Å²) in [6.45, 7) is 1.58. The molecule has 0 radical (unpaired) electrons. The average Bonchev–Trinajstić information content (AvgIpc) is 2.49. The second-order valence-electron chi connectivity index (χ2n) is 4.62. The van der Waals surface area contributed by atoms with Crippen LogP contribution in [0.3, 0.4) is 0 Å². The van der Waals surface area contributed by atoms with Crippen LogP contribution in [0.4, 0.5) is 5.69 Å². The molecule has 3 rings (SSSR count). The molecule has 0 aliphatic carbocycles. The summed E-state index contributed by atoms with van der Waals surface area (Å²) in [4.78, 5) is 0. The number of benzene rings is 2. The van der Waals surface area contributed by atoms with Gasteiger partial charge in [0.15, 0.2) is 11.5 Å². The molecule has 0 aromatic heterocycles. The van der Waals surface area contributed by atoms with Crippen LogP contribution >= 0.6 is 23.2 Å². The van der Waals surface area contributed by atoms with Crippen molar-refractivity contribution in [3.63, 3.8) is 0 Å². The van der Waals surface area contributed by atoms with Gasteiger partial charge in [0.05, 0.1) is 10.0 Å². The molecular weight excluding hydrogens is 313 g/mol. The van der Waals surface area contributed by atoms with E-state index in [-0.39, 0.29) is 5.75 Å². The van der Waals surface area contributed by atoms with Gasteiger partial charge in [-0.05, 0) is 35.9 Å². The second kappa shape index (κ2) is 5.92. The number of hydrogen-bond acceptors (Lipinski definition) is 4. The minimum Gasteiger partial charge on any atom is -0.506 e. The van der Waals surface area contributed by atoms with E-state index in [4.69, 9.17) is 32.7 Å². The van der Waals surface area contributed by atoms with Gasteiger partial charge in [-0.15, -0.1) is 0 Å². The topological polar surface area (TPSA) is 50.7 Å². The van der Waals surface area contributed by atoms with Crippen molar-refractivity contribution in [2.75, 3.05) is 18.5 Å². The Morgan fingerprint density at radius 2 is 1.86 bits per heavy atom. The van der Waals surface area contributed by atoms with E-state index >= 15 is 0 Å². The molecule has 0 unspecified atom stereocenters. The Balaban J connectivity index is 1.76. The van der Waals surface area contributed by atoms with E-state index in [9.17, 15) is 5.11 Å². The number of aromatic hydroxyl groups is 1. The van der Waals surface area contributed by atoms with Crippen LogP contribution < -0.4 is 14.8 Å². The molecule has 0 fully saturated rings.